The maximum atomic E-state index is 12.2. The third-order valence-corrected chi connectivity index (χ3v) is 4.16. The van der Waals surface area contributed by atoms with Gasteiger partial charge in [0.15, 0.2) is 0 Å². The molecule has 1 saturated heterocycles. The highest BCUT2D eigenvalue weighted by Crippen LogP contribution is 2.35. The van der Waals surface area contributed by atoms with E-state index in [1.807, 2.05) is 19.1 Å². The van der Waals surface area contributed by atoms with Crippen LogP contribution < -0.4 is 5.32 Å². The van der Waals surface area contributed by atoms with Gasteiger partial charge in [-0.2, -0.15) is 0 Å². The van der Waals surface area contributed by atoms with E-state index in [2.05, 4.69) is 5.32 Å². The third kappa shape index (κ3) is 2.73. The molecular formula is C18H14ClNO3. The van der Waals surface area contributed by atoms with Gasteiger partial charge in [-0.25, -0.2) is 0 Å². The molecule has 1 aliphatic heterocycles. The summed E-state index contributed by atoms with van der Waals surface area (Å²) in [5.41, 5.74) is 2.10. The quantitative estimate of drug-likeness (QED) is 0.505. The molecule has 1 amide bonds. The molecule has 0 aliphatic carbocycles. The minimum atomic E-state index is -0.759. The molecule has 0 aromatic heterocycles. The predicted molar refractivity (Wildman–Crippen MR) is 88.1 cm³/mol. The predicted octanol–water partition coefficient (Wildman–Crippen LogP) is 3.36. The second kappa shape index (κ2) is 5.89. The van der Waals surface area contributed by atoms with Gasteiger partial charge in [0, 0.05) is 10.6 Å². The molecule has 1 atom stereocenters. The second-order valence-electron chi connectivity index (χ2n) is 5.39. The Kier molecular flexibility index (Phi) is 3.92. The molecule has 2 N–H and O–H groups in total. The van der Waals surface area contributed by atoms with Crippen LogP contribution >= 0.6 is 11.6 Å². The number of aliphatic hydroxyl groups excluding tert-OH is 1. The van der Waals surface area contributed by atoms with E-state index in [1.54, 1.807) is 36.4 Å². The molecule has 2 aromatic rings. The zero-order valence-electron chi connectivity index (χ0n) is 12.3. The van der Waals surface area contributed by atoms with Gasteiger partial charge in [0.25, 0.3) is 11.7 Å². The Bertz CT molecular complexity index is 824. The summed E-state index contributed by atoms with van der Waals surface area (Å²) in [5, 5.41) is 13.5. The fourth-order valence-electron chi connectivity index (χ4n) is 2.58. The first-order valence-electron chi connectivity index (χ1n) is 7.09. The smallest absolute Gasteiger partial charge is 0.293 e. The third-order valence-electron chi connectivity index (χ3n) is 3.81. The van der Waals surface area contributed by atoms with Gasteiger partial charge in [-0.15, -0.1) is 0 Å². The van der Waals surface area contributed by atoms with E-state index >= 15 is 0 Å². The van der Waals surface area contributed by atoms with E-state index in [0.717, 1.165) is 5.56 Å². The van der Waals surface area contributed by atoms with Crippen molar-refractivity contribution in [1.29, 1.82) is 0 Å². The number of halogens is 1. The van der Waals surface area contributed by atoms with Crippen LogP contribution in [0.1, 0.15) is 22.7 Å². The molecule has 1 unspecified atom stereocenters. The molecule has 0 radical (unpaired) electrons. The highest BCUT2D eigenvalue weighted by Gasteiger charge is 2.40. The van der Waals surface area contributed by atoms with Crippen molar-refractivity contribution < 1.29 is 14.7 Å². The second-order valence-corrected chi connectivity index (χ2v) is 5.79. The van der Waals surface area contributed by atoms with Crippen LogP contribution in [0.5, 0.6) is 0 Å². The number of aliphatic hydroxyl groups is 1. The van der Waals surface area contributed by atoms with Gasteiger partial charge in [-0.3, -0.25) is 9.59 Å². The molecule has 0 saturated carbocycles. The SMILES string of the molecule is Cc1ccc(/C(O)=C2\C(=O)C(=O)NC2c2ccccc2Cl)cc1. The number of hydrogen-bond acceptors (Lipinski definition) is 3. The number of rotatable bonds is 2. The summed E-state index contributed by atoms with van der Waals surface area (Å²) in [6.07, 6.45) is 0. The average Bonchev–Trinajstić information content (AvgIpc) is 2.83. The lowest BCUT2D eigenvalue weighted by Crippen LogP contribution is -2.21. The monoisotopic (exact) mass is 327 g/mol. The van der Waals surface area contributed by atoms with Gasteiger partial charge >= 0.3 is 0 Å². The van der Waals surface area contributed by atoms with Crippen molar-refractivity contribution in [3.63, 3.8) is 0 Å². The summed E-state index contributed by atoms with van der Waals surface area (Å²) in [6, 6.07) is 13.2. The first-order valence-corrected chi connectivity index (χ1v) is 7.46. The lowest BCUT2D eigenvalue weighted by molar-refractivity contribution is -0.133. The van der Waals surface area contributed by atoms with Crippen molar-refractivity contribution in [2.75, 3.05) is 0 Å². The van der Waals surface area contributed by atoms with Crippen LogP contribution in [-0.4, -0.2) is 16.8 Å². The van der Waals surface area contributed by atoms with E-state index in [-0.39, 0.29) is 11.3 Å². The van der Waals surface area contributed by atoms with Crippen LogP contribution in [0.3, 0.4) is 0 Å². The van der Waals surface area contributed by atoms with Crippen molar-refractivity contribution in [2.45, 2.75) is 13.0 Å². The number of carbonyl (C=O) groups excluding carboxylic acids is 2. The molecule has 0 bridgehead atoms. The number of nitrogens with one attached hydrogen (secondary N) is 1. The number of amides is 1. The number of Topliss-reactive ketones (excluding diaryl/α,β-unsaturated/α-hetero) is 1. The summed E-state index contributed by atoms with van der Waals surface area (Å²) in [4.78, 5) is 24.0. The Morgan fingerprint density at radius 2 is 1.74 bits per heavy atom. The van der Waals surface area contributed by atoms with E-state index in [0.29, 0.717) is 16.1 Å². The van der Waals surface area contributed by atoms with Crippen LogP contribution in [0, 0.1) is 6.92 Å². The Labute approximate surface area is 138 Å². The summed E-state index contributed by atoms with van der Waals surface area (Å²) < 4.78 is 0. The minimum absolute atomic E-state index is 0.0203. The zero-order chi connectivity index (χ0) is 16.6. The highest BCUT2D eigenvalue weighted by molar-refractivity contribution is 6.47. The summed E-state index contributed by atoms with van der Waals surface area (Å²) in [5.74, 6) is -1.70. The van der Waals surface area contributed by atoms with Crippen molar-refractivity contribution in [1.82, 2.24) is 5.32 Å². The Balaban J connectivity index is 2.15. The summed E-state index contributed by atoms with van der Waals surface area (Å²) in [7, 11) is 0. The standard InChI is InChI=1S/C18H14ClNO3/c1-10-6-8-11(9-7-10)16(21)14-15(20-18(23)17(14)22)12-4-2-3-5-13(12)19/h2-9,15,21H,1H3,(H,20,23)/b16-14+. The van der Waals surface area contributed by atoms with Crippen LogP contribution in [0.2, 0.25) is 5.02 Å². The maximum absolute atomic E-state index is 12.2. The van der Waals surface area contributed by atoms with Crippen molar-refractivity contribution in [3.05, 3.63) is 75.8 Å². The van der Waals surface area contributed by atoms with E-state index < -0.39 is 17.7 Å². The Hall–Kier alpha value is -2.59. The van der Waals surface area contributed by atoms with Crippen molar-refractivity contribution in [2.24, 2.45) is 0 Å². The fraction of sp³-hybridized carbons (Fsp3) is 0.111. The molecule has 23 heavy (non-hydrogen) atoms. The van der Waals surface area contributed by atoms with Gasteiger partial charge in [0.2, 0.25) is 0 Å². The lowest BCUT2D eigenvalue weighted by Gasteiger charge is -2.15. The average molecular weight is 328 g/mol. The van der Waals surface area contributed by atoms with Crippen molar-refractivity contribution >= 4 is 29.1 Å². The molecule has 1 aliphatic rings. The first kappa shape index (κ1) is 15.3. The number of hydrogen-bond donors (Lipinski definition) is 2. The Morgan fingerprint density at radius 3 is 2.39 bits per heavy atom. The van der Waals surface area contributed by atoms with Gasteiger partial charge < -0.3 is 10.4 Å². The summed E-state index contributed by atoms with van der Waals surface area (Å²) in [6.45, 7) is 1.92. The molecule has 4 nitrogen and oxygen atoms in total. The van der Waals surface area contributed by atoms with E-state index in [9.17, 15) is 14.7 Å². The van der Waals surface area contributed by atoms with Gasteiger partial charge in [0.1, 0.15) is 5.76 Å². The number of benzene rings is 2. The molecule has 5 heteroatoms. The highest BCUT2D eigenvalue weighted by atomic mass is 35.5. The number of aryl methyl sites for hydroxylation is 1. The molecule has 1 heterocycles. The van der Waals surface area contributed by atoms with Crippen LogP contribution in [0.15, 0.2) is 54.1 Å². The summed E-state index contributed by atoms with van der Waals surface area (Å²) >= 11 is 6.17. The van der Waals surface area contributed by atoms with E-state index in [4.69, 9.17) is 11.6 Å². The number of ketones is 1. The molecule has 0 spiro atoms. The van der Waals surface area contributed by atoms with Gasteiger partial charge in [0.05, 0.1) is 11.6 Å². The molecular weight excluding hydrogens is 314 g/mol. The maximum Gasteiger partial charge on any atom is 0.293 e. The van der Waals surface area contributed by atoms with Crippen LogP contribution in [-0.2, 0) is 9.59 Å². The number of carbonyl (C=O) groups is 2. The lowest BCUT2D eigenvalue weighted by atomic mass is 9.95. The molecule has 2 aromatic carbocycles. The largest absolute Gasteiger partial charge is 0.507 e. The van der Waals surface area contributed by atoms with E-state index in [1.165, 1.54) is 0 Å². The normalized spacial score (nSPS) is 19.7. The zero-order valence-corrected chi connectivity index (χ0v) is 13.1. The fourth-order valence-corrected chi connectivity index (χ4v) is 2.82. The van der Waals surface area contributed by atoms with Gasteiger partial charge in [-0.05, 0) is 18.6 Å². The first-order chi connectivity index (χ1) is 11.0. The molecule has 3 rings (SSSR count). The Morgan fingerprint density at radius 1 is 1.09 bits per heavy atom. The molecule has 116 valence electrons. The minimum Gasteiger partial charge on any atom is -0.507 e. The van der Waals surface area contributed by atoms with Crippen LogP contribution in [0.25, 0.3) is 5.76 Å². The van der Waals surface area contributed by atoms with Crippen molar-refractivity contribution in [3.8, 4) is 0 Å². The van der Waals surface area contributed by atoms with Gasteiger partial charge in [-0.1, -0.05) is 59.6 Å². The van der Waals surface area contributed by atoms with Crippen LogP contribution in [0.4, 0.5) is 0 Å². The topological polar surface area (TPSA) is 66.4 Å². The molecule has 1 fully saturated rings.